The van der Waals surface area contributed by atoms with E-state index in [2.05, 4.69) is 20.2 Å². The third-order valence-corrected chi connectivity index (χ3v) is 5.80. The van der Waals surface area contributed by atoms with Gasteiger partial charge in [-0.25, -0.2) is 9.97 Å². The molecule has 0 aliphatic carbocycles. The third kappa shape index (κ3) is 2.89. The number of hydrogen-bond acceptors (Lipinski definition) is 6. The van der Waals surface area contributed by atoms with E-state index < -0.39 is 0 Å². The fraction of sp³-hybridized carbons (Fsp3) is 0.471. The molecule has 1 amide bonds. The molecule has 126 valence electrons. The van der Waals surface area contributed by atoms with Crippen molar-refractivity contribution in [1.82, 2.24) is 20.2 Å². The van der Waals surface area contributed by atoms with Crippen molar-refractivity contribution in [3.05, 3.63) is 41.0 Å². The van der Waals surface area contributed by atoms with Crippen molar-refractivity contribution in [3.8, 4) is 5.88 Å². The van der Waals surface area contributed by atoms with Gasteiger partial charge in [0.15, 0.2) is 0 Å². The molecule has 0 radical (unpaired) electrons. The lowest BCUT2D eigenvalue weighted by molar-refractivity contribution is -0.128. The number of carbonyl (C=O) groups is 1. The molecule has 2 aromatic rings. The predicted molar refractivity (Wildman–Crippen MR) is 90.7 cm³/mol. The van der Waals surface area contributed by atoms with E-state index in [9.17, 15) is 4.79 Å². The first-order valence-corrected chi connectivity index (χ1v) is 9.07. The van der Waals surface area contributed by atoms with Crippen LogP contribution in [0.2, 0.25) is 0 Å². The zero-order chi connectivity index (χ0) is 16.4. The standard InChI is InChI=1S/C17H20N4O2S/c22-16-17(4-7-21(12-17)10-15-19-6-8-24-15)13(9-20-16)11-23-14-3-1-2-5-18-14/h1-3,5-6,8,13H,4,7,9-12H2,(H,20,22)/t13-,17-/m1/s1. The topological polar surface area (TPSA) is 67.3 Å². The molecule has 7 heteroatoms. The van der Waals surface area contributed by atoms with Crippen molar-refractivity contribution < 1.29 is 9.53 Å². The number of nitrogens with zero attached hydrogens (tertiary/aromatic N) is 3. The summed E-state index contributed by atoms with van der Waals surface area (Å²) in [7, 11) is 0. The van der Waals surface area contributed by atoms with Crippen molar-refractivity contribution in [3.63, 3.8) is 0 Å². The number of hydrogen-bond donors (Lipinski definition) is 1. The van der Waals surface area contributed by atoms with Crippen LogP contribution in [0.15, 0.2) is 36.0 Å². The molecule has 0 bridgehead atoms. The molecule has 2 fully saturated rings. The average molecular weight is 344 g/mol. The summed E-state index contributed by atoms with van der Waals surface area (Å²) in [5.41, 5.74) is -0.341. The molecule has 1 N–H and O–H groups in total. The Kier molecular flexibility index (Phi) is 4.20. The number of carbonyl (C=O) groups excluding carboxylic acids is 1. The maximum absolute atomic E-state index is 12.5. The average Bonchev–Trinajstić information content (AvgIpc) is 3.32. The van der Waals surface area contributed by atoms with Gasteiger partial charge in [0.25, 0.3) is 0 Å². The Morgan fingerprint density at radius 3 is 3.12 bits per heavy atom. The van der Waals surface area contributed by atoms with Gasteiger partial charge in [0.1, 0.15) is 5.01 Å². The molecule has 0 saturated carbocycles. The summed E-state index contributed by atoms with van der Waals surface area (Å²) >= 11 is 1.66. The lowest BCUT2D eigenvalue weighted by Gasteiger charge is -2.28. The molecule has 2 aliphatic heterocycles. The molecule has 2 aliphatic rings. The van der Waals surface area contributed by atoms with Gasteiger partial charge in [0.2, 0.25) is 11.8 Å². The van der Waals surface area contributed by atoms with Crippen LogP contribution in [0.1, 0.15) is 11.4 Å². The van der Waals surface area contributed by atoms with E-state index in [0.717, 1.165) is 31.1 Å². The molecule has 1 spiro atoms. The number of amides is 1. The Morgan fingerprint density at radius 2 is 2.33 bits per heavy atom. The normalized spacial score (nSPS) is 26.8. The number of thiazole rings is 1. The van der Waals surface area contributed by atoms with Gasteiger partial charge in [-0.1, -0.05) is 6.07 Å². The second-order valence-electron chi connectivity index (χ2n) is 6.43. The Morgan fingerprint density at radius 1 is 1.38 bits per heavy atom. The fourth-order valence-electron chi connectivity index (χ4n) is 3.70. The van der Waals surface area contributed by atoms with Crippen LogP contribution in [0.4, 0.5) is 0 Å². The second kappa shape index (κ2) is 6.49. The maximum Gasteiger partial charge on any atom is 0.228 e. The first kappa shape index (κ1) is 15.5. The van der Waals surface area contributed by atoms with E-state index in [4.69, 9.17) is 4.74 Å². The minimum Gasteiger partial charge on any atom is -0.477 e. The summed E-state index contributed by atoms with van der Waals surface area (Å²) < 4.78 is 5.83. The third-order valence-electron chi connectivity index (χ3n) is 5.04. The zero-order valence-corrected chi connectivity index (χ0v) is 14.2. The van der Waals surface area contributed by atoms with Crippen molar-refractivity contribution in [2.75, 3.05) is 26.2 Å². The predicted octanol–water partition coefficient (Wildman–Crippen LogP) is 1.56. The quantitative estimate of drug-likeness (QED) is 0.891. The molecular formula is C17H20N4O2S. The molecule has 2 aromatic heterocycles. The Balaban J connectivity index is 1.43. The van der Waals surface area contributed by atoms with Gasteiger partial charge in [-0.2, -0.15) is 0 Å². The van der Waals surface area contributed by atoms with Crippen LogP contribution in [0.5, 0.6) is 5.88 Å². The van der Waals surface area contributed by atoms with E-state index in [0.29, 0.717) is 19.0 Å². The summed E-state index contributed by atoms with van der Waals surface area (Å²) in [5.74, 6) is 0.955. The minimum absolute atomic E-state index is 0.166. The number of nitrogens with one attached hydrogen (secondary N) is 1. The van der Waals surface area contributed by atoms with Crippen LogP contribution in [-0.2, 0) is 11.3 Å². The molecule has 2 atom stereocenters. The zero-order valence-electron chi connectivity index (χ0n) is 13.4. The number of aromatic nitrogens is 2. The van der Waals surface area contributed by atoms with Crippen molar-refractivity contribution in [2.24, 2.45) is 11.3 Å². The van der Waals surface area contributed by atoms with Gasteiger partial charge in [0, 0.05) is 42.8 Å². The Bertz CT molecular complexity index is 694. The van der Waals surface area contributed by atoms with Gasteiger partial charge >= 0.3 is 0 Å². The first-order chi connectivity index (χ1) is 11.8. The monoisotopic (exact) mass is 344 g/mol. The molecule has 6 nitrogen and oxygen atoms in total. The summed E-state index contributed by atoms with van der Waals surface area (Å²) in [6.07, 6.45) is 4.42. The SMILES string of the molecule is O=C1NC[C@H](COc2ccccn2)[C@]12CCN(Cc1nccs1)C2. The smallest absolute Gasteiger partial charge is 0.228 e. The Hall–Kier alpha value is -1.99. The van der Waals surface area contributed by atoms with E-state index in [-0.39, 0.29) is 17.2 Å². The number of rotatable bonds is 5. The van der Waals surface area contributed by atoms with Crippen LogP contribution in [-0.4, -0.2) is 47.0 Å². The van der Waals surface area contributed by atoms with Crippen molar-refractivity contribution >= 4 is 17.2 Å². The van der Waals surface area contributed by atoms with Gasteiger partial charge in [-0.15, -0.1) is 11.3 Å². The highest BCUT2D eigenvalue weighted by Gasteiger charge is 2.54. The molecule has 24 heavy (non-hydrogen) atoms. The molecule has 4 heterocycles. The Labute approximate surface area is 144 Å². The van der Waals surface area contributed by atoms with Gasteiger partial charge < -0.3 is 10.1 Å². The molecule has 4 rings (SSSR count). The largest absolute Gasteiger partial charge is 0.477 e. The molecule has 0 aromatic carbocycles. The fourth-order valence-corrected chi connectivity index (χ4v) is 4.36. The first-order valence-electron chi connectivity index (χ1n) is 8.19. The van der Waals surface area contributed by atoms with Crippen LogP contribution < -0.4 is 10.1 Å². The summed E-state index contributed by atoms with van der Waals surface area (Å²) in [6.45, 7) is 3.71. The van der Waals surface area contributed by atoms with Gasteiger partial charge in [-0.3, -0.25) is 9.69 Å². The molecule has 2 saturated heterocycles. The van der Waals surface area contributed by atoms with E-state index in [1.54, 1.807) is 17.5 Å². The maximum atomic E-state index is 12.5. The van der Waals surface area contributed by atoms with Crippen molar-refractivity contribution in [2.45, 2.75) is 13.0 Å². The van der Waals surface area contributed by atoms with Crippen LogP contribution in [0, 0.1) is 11.3 Å². The number of pyridine rings is 1. The molecular weight excluding hydrogens is 324 g/mol. The summed E-state index contributed by atoms with van der Waals surface area (Å²) in [6, 6.07) is 5.62. The minimum atomic E-state index is -0.341. The van der Waals surface area contributed by atoms with E-state index in [1.165, 1.54) is 0 Å². The van der Waals surface area contributed by atoms with Crippen LogP contribution in [0.25, 0.3) is 0 Å². The van der Waals surface area contributed by atoms with Crippen molar-refractivity contribution in [1.29, 1.82) is 0 Å². The number of likely N-dealkylation sites (tertiary alicyclic amines) is 1. The summed E-state index contributed by atoms with van der Waals surface area (Å²) in [5, 5.41) is 6.14. The number of ether oxygens (including phenoxy) is 1. The highest BCUT2D eigenvalue weighted by atomic mass is 32.1. The lowest BCUT2D eigenvalue weighted by atomic mass is 9.77. The summed E-state index contributed by atoms with van der Waals surface area (Å²) in [4.78, 5) is 23.4. The van der Waals surface area contributed by atoms with Gasteiger partial charge in [-0.05, 0) is 19.0 Å². The lowest BCUT2D eigenvalue weighted by Crippen LogP contribution is -2.40. The van der Waals surface area contributed by atoms with Crippen LogP contribution >= 0.6 is 11.3 Å². The van der Waals surface area contributed by atoms with Gasteiger partial charge in [0.05, 0.1) is 18.6 Å². The highest BCUT2D eigenvalue weighted by Crippen LogP contribution is 2.42. The van der Waals surface area contributed by atoms with Crippen LogP contribution in [0.3, 0.4) is 0 Å². The molecule has 0 unspecified atom stereocenters. The van der Waals surface area contributed by atoms with E-state index >= 15 is 0 Å². The van der Waals surface area contributed by atoms with E-state index in [1.807, 2.05) is 29.8 Å². The highest BCUT2D eigenvalue weighted by molar-refractivity contribution is 7.09. The second-order valence-corrected chi connectivity index (χ2v) is 7.41.